The van der Waals surface area contributed by atoms with Gasteiger partial charge in [0.15, 0.2) is 6.29 Å². The normalized spacial score (nSPS) is 15.8. The summed E-state index contributed by atoms with van der Waals surface area (Å²) in [6, 6.07) is 6.64. The molecule has 0 bridgehead atoms. The van der Waals surface area contributed by atoms with Gasteiger partial charge < -0.3 is 15.2 Å². The van der Waals surface area contributed by atoms with Crippen LogP contribution in [0.1, 0.15) is 37.0 Å². The van der Waals surface area contributed by atoms with Crippen LogP contribution >= 0.6 is 0 Å². The van der Waals surface area contributed by atoms with Gasteiger partial charge in [-0.15, -0.1) is 0 Å². The molecule has 0 heterocycles. The van der Waals surface area contributed by atoms with Crippen molar-refractivity contribution >= 4 is 0 Å². The van der Waals surface area contributed by atoms with Crippen molar-refractivity contribution in [3.8, 4) is 0 Å². The van der Waals surface area contributed by atoms with Crippen molar-refractivity contribution < 1.29 is 9.47 Å². The third-order valence-electron chi connectivity index (χ3n) is 3.65. The molecule has 3 nitrogen and oxygen atoms in total. The van der Waals surface area contributed by atoms with Crippen LogP contribution in [0.4, 0.5) is 0 Å². The summed E-state index contributed by atoms with van der Waals surface area (Å²) in [6.07, 6.45) is 4.22. The minimum Gasteiger partial charge on any atom is -0.351 e. The van der Waals surface area contributed by atoms with E-state index in [9.17, 15) is 0 Å². The number of benzene rings is 1. The van der Waals surface area contributed by atoms with Crippen LogP contribution in [0, 0.1) is 0 Å². The smallest absolute Gasteiger partial charge is 0.172 e. The molecule has 2 rings (SSSR count). The first kappa shape index (κ1) is 14.5. The van der Waals surface area contributed by atoms with Gasteiger partial charge in [0, 0.05) is 13.2 Å². The Bertz CT molecular complexity index is 400. The number of nitrogens with two attached hydrogens (primary N) is 1. The van der Waals surface area contributed by atoms with Crippen LogP contribution in [0.25, 0.3) is 0 Å². The van der Waals surface area contributed by atoms with Crippen LogP contribution in [0.3, 0.4) is 0 Å². The molecule has 19 heavy (non-hydrogen) atoms. The Morgan fingerprint density at radius 1 is 1.11 bits per heavy atom. The maximum Gasteiger partial charge on any atom is 0.172 e. The van der Waals surface area contributed by atoms with Gasteiger partial charge in [0.1, 0.15) is 0 Å². The highest BCUT2D eigenvalue weighted by Gasteiger charge is 2.19. The molecule has 106 valence electrons. The van der Waals surface area contributed by atoms with Crippen molar-refractivity contribution in [1.82, 2.24) is 0 Å². The molecule has 0 fully saturated rings. The van der Waals surface area contributed by atoms with E-state index in [1.165, 1.54) is 36.0 Å². The summed E-state index contributed by atoms with van der Waals surface area (Å²) >= 11 is 0. The highest BCUT2D eigenvalue weighted by atomic mass is 16.7. The third-order valence-corrected chi connectivity index (χ3v) is 3.65. The maximum absolute atomic E-state index is 6.22. The fourth-order valence-corrected chi connectivity index (χ4v) is 2.74. The topological polar surface area (TPSA) is 44.5 Å². The number of aryl methyl sites for hydroxylation is 2. The van der Waals surface area contributed by atoms with E-state index >= 15 is 0 Å². The highest BCUT2D eigenvalue weighted by Crippen LogP contribution is 2.23. The number of fused-ring (bicyclic) bond motifs is 1. The van der Waals surface area contributed by atoms with Gasteiger partial charge in [0.25, 0.3) is 0 Å². The lowest BCUT2D eigenvalue weighted by Crippen LogP contribution is -2.40. The lowest BCUT2D eigenvalue weighted by Gasteiger charge is -2.23. The van der Waals surface area contributed by atoms with Gasteiger partial charge in [0.05, 0.1) is 6.04 Å². The number of ether oxygens (including phenoxy) is 2. The van der Waals surface area contributed by atoms with E-state index in [1.807, 2.05) is 13.8 Å². The van der Waals surface area contributed by atoms with E-state index in [0.717, 1.165) is 6.42 Å². The Morgan fingerprint density at radius 3 is 2.47 bits per heavy atom. The molecule has 0 radical (unpaired) electrons. The molecular weight excluding hydrogens is 238 g/mol. The lowest BCUT2D eigenvalue weighted by atomic mass is 10.0. The van der Waals surface area contributed by atoms with E-state index in [4.69, 9.17) is 15.2 Å². The summed E-state index contributed by atoms with van der Waals surface area (Å²) in [6.45, 7) is 5.19. The molecular formula is C16H25NO2. The van der Waals surface area contributed by atoms with Crippen molar-refractivity contribution in [2.24, 2.45) is 5.73 Å². The zero-order valence-electron chi connectivity index (χ0n) is 12.0. The Kier molecular flexibility index (Phi) is 5.37. The molecule has 1 aliphatic rings. The van der Waals surface area contributed by atoms with Gasteiger partial charge >= 0.3 is 0 Å². The number of hydrogen-bond donors (Lipinski definition) is 1. The molecule has 0 aliphatic heterocycles. The molecule has 1 aromatic carbocycles. The molecule has 1 unspecified atom stereocenters. The highest BCUT2D eigenvalue weighted by molar-refractivity contribution is 5.35. The molecule has 1 aliphatic carbocycles. The molecule has 0 aromatic heterocycles. The molecule has 1 atom stereocenters. The molecule has 0 amide bonds. The number of hydrogen-bond acceptors (Lipinski definition) is 3. The minimum absolute atomic E-state index is 0.112. The van der Waals surface area contributed by atoms with Gasteiger partial charge in [-0.3, -0.25) is 0 Å². The van der Waals surface area contributed by atoms with Crippen LogP contribution < -0.4 is 5.73 Å². The monoisotopic (exact) mass is 263 g/mol. The first-order valence-corrected chi connectivity index (χ1v) is 7.34. The van der Waals surface area contributed by atoms with E-state index < -0.39 is 0 Å². The van der Waals surface area contributed by atoms with Gasteiger partial charge in [0.2, 0.25) is 0 Å². The van der Waals surface area contributed by atoms with Crippen molar-refractivity contribution in [3.05, 3.63) is 34.9 Å². The summed E-state index contributed by atoms with van der Waals surface area (Å²) in [5.74, 6) is 0. The van der Waals surface area contributed by atoms with Crippen LogP contribution in [0.15, 0.2) is 18.2 Å². The van der Waals surface area contributed by atoms with Crippen molar-refractivity contribution in [2.75, 3.05) is 13.2 Å². The van der Waals surface area contributed by atoms with Crippen molar-refractivity contribution in [1.29, 1.82) is 0 Å². The molecule has 0 saturated heterocycles. The van der Waals surface area contributed by atoms with E-state index in [2.05, 4.69) is 18.2 Å². The Hall–Kier alpha value is -0.900. The number of rotatable bonds is 7. The molecule has 2 N–H and O–H groups in total. The van der Waals surface area contributed by atoms with Crippen LogP contribution in [-0.2, 0) is 28.7 Å². The first-order valence-electron chi connectivity index (χ1n) is 7.34. The molecule has 1 aromatic rings. The van der Waals surface area contributed by atoms with Gasteiger partial charge in [-0.1, -0.05) is 18.2 Å². The van der Waals surface area contributed by atoms with Gasteiger partial charge in [-0.05, 0) is 56.2 Å². The predicted molar refractivity (Wildman–Crippen MR) is 77.2 cm³/mol. The molecule has 3 heteroatoms. The van der Waals surface area contributed by atoms with Gasteiger partial charge in [-0.2, -0.15) is 0 Å². The summed E-state index contributed by atoms with van der Waals surface area (Å²) < 4.78 is 11.1. The SMILES string of the molecule is CCOC(OCC)C(N)Cc1ccc2c(c1)CCC2. The summed E-state index contributed by atoms with van der Waals surface area (Å²) in [5.41, 5.74) is 10.5. The van der Waals surface area contributed by atoms with Crippen molar-refractivity contribution in [2.45, 2.75) is 51.9 Å². The largest absolute Gasteiger partial charge is 0.351 e. The lowest BCUT2D eigenvalue weighted by molar-refractivity contribution is -0.148. The maximum atomic E-state index is 6.22. The zero-order chi connectivity index (χ0) is 13.7. The second-order valence-corrected chi connectivity index (χ2v) is 5.10. The van der Waals surface area contributed by atoms with E-state index in [0.29, 0.717) is 13.2 Å². The third kappa shape index (κ3) is 3.78. The molecule has 0 spiro atoms. The van der Waals surface area contributed by atoms with Crippen LogP contribution in [0.2, 0.25) is 0 Å². The Balaban J connectivity index is 1.98. The van der Waals surface area contributed by atoms with Gasteiger partial charge in [-0.25, -0.2) is 0 Å². The zero-order valence-corrected chi connectivity index (χ0v) is 12.0. The first-order chi connectivity index (χ1) is 9.24. The predicted octanol–water partition coefficient (Wildman–Crippen LogP) is 2.44. The fourth-order valence-electron chi connectivity index (χ4n) is 2.74. The summed E-state index contributed by atoms with van der Waals surface area (Å²) in [7, 11) is 0. The Labute approximate surface area is 116 Å². The average molecular weight is 263 g/mol. The summed E-state index contributed by atoms with van der Waals surface area (Å²) in [5, 5.41) is 0. The molecule has 0 saturated carbocycles. The van der Waals surface area contributed by atoms with Crippen molar-refractivity contribution in [3.63, 3.8) is 0 Å². The second kappa shape index (κ2) is 7.04. The van der Waals surface area contributed by atoms with Crippen LogP contribution in [0.5, 0.6) is 0 Å². The summed E-state index contributed by atoms with van der Waals surface area (Å²) in [4.78, 5) is 0. The average Bonchev–Trinajstić information content (AvgIpc) is 2.86. The standard InChI is InChI=1S/C16H25NO2/c1-3-18-16(19-4-2)15(17)11-12-8-9-13-6-5-7-14(13)10-12/h8-10,15-16H,3-7,11,17H2,1-2H3. The van der Waals surface area contributed by atoms with E-state index in [-0.39, 0.29) is 12.3 Å². The second-order valence-electron chi connectivity index (χ2n) is 5.10. The van der Waals surface area contributed by atoms with E-state index in [1.54, 1.807) is 0 Å². The fraction of sp³-hybridized carbons (Fsp3) is 0.625. The Morgan fingerprint density at radius 2 is 1.79 bits per heavy atom. The quantitative estimate of drug-likeness (QED) is 0.769. The minimum atomic E-state index is -0.303. The van der Waals surface area contributed by atoms with Crippen LogP contribution in [-0.4, -0.2) is 25.5 Å².